The van der Waals surface area contributed by atoms with Gasteiger partial charge in [-0.25, -0.2) is 14.4 Å². The normalized spacial score (nSPS) is 11.4. The van der Waals surface area contributed by atoms with Crippen LogP contribution in [0.5, 0.6) is 0 Å². The Morgan fingerprint density at radius 2 is 2.25 bits per heavy atom. The minimum atomic E-state index is -0.656. The zero-order chi connectivity index (χ0) is 14.5. The maximum atomic E-state index is 13.4. The first-order valence-electron chi connectivity index (χ1n) is 5.55. The molecule has 0 spiro atoms. The van der Waals surface area contributed by atoms with E-state index in [2.05, 4.69) is 33.3 Å². The van der Waals surface area contributed by atoms with Gasteiger partial charge in [-0.1, -0.05) is 24.4 Å². The van der Waals surface area contributed by atoms with Crippen molar-refractivity contribution >= 4 is 17.2 Å². The van der Waals surface area contributed by atoms with Gasteiger partial charge in [0, 0.05) is 6.20 Å². The van der Waals surface area contributed by atoms with Crippen LogP contribution in [0.25, 0.3) is 17.1 Å². The molecule has 2 rings (SSSR count). The van der Waals surface area contributed by atoms with Crippen molar-refractivity contribution in [2.24, 2.45) is 0 Å². The van der Waals surface area contributed by atoms with Crippen LogP contribution in [0.15, 0.2) is 47.9 Å². The van der Waals surface area contributed by atoms with Gasteiger partial charge in [0.2, 0.25) is 11.7 Å². The molecule has 5 nitrogen and oxygen atoms in total. The SMILES string of the molecule is C=C/C=C(\C(=C)F)c1nccc(-c2noc(CCl)n2)n1. The summed E-state index contributed by atoms with van der Waals surface area (Å²) in [5.74, 6) is 0.141. The van der Waals surface area contributed by atoms with Gasteiger partial charge >= 0.3 is 0 Å². The molecule has 0 bridgehead atoms. The Balaban J connectivity index is 2.44. The lowest BCUT2D eigenvalue weighted by Gasteiger charge is -2.02. The van der Waals surface area contributed by atoms with Crippen LogP contribution in [0.3, 0.4) is 0 Å². The quantitative estimate of drug-likeness (QED) is 0.625. The summed E-state index contributed by atoms with van der Waals surface area (Å²) in [6, 6.07) is 1.58. The first-order valence-corrected chi connectivity index (χ1v) is 6.09. The molecule has 0 saturated heterocycles. The average molecular weight is 293 g/mol. The Morgan fingerprint density at radius 3 is 2.85 bits per heavy atom. The second-order valence-corrected chi connectivity index (χ2v) is 3.90. The Labute approximate surface area is 119 Å². The number of hydrogen-bond acceptors (Lipinski definition) is 5. The maximum absolute atomic E-state index is 13.4. The molecule has 0 aliphatic carbocycles. The molecule has 0 radical (unpaired) electrons. The predicted molar refractivity (Wildman–Crippen MR) is 73.3 cm³/mol. The summed E-state index contributed by atoms with van der Waals surface area (Å²) in [6.07, 6.45) is 4.33. The fourth-order valence-corrected chi connectivity index (χ4v) is 1.54. The van der Waals surface area contributed by atoms with Crippen molar-refractivity contribution < 1.29 is 8.91 Å². The van der Waals surface area contributed by atoms with E-state index in [1.165, 1.54) is 18.3 Å². The van der Waals surface area contributed by atoms with E-state index in [9.17, 15) is 4.39 Å². The second-order valence-electron chi connectivity index (χ2n) is 3.63. The Bertz CT molecular complexity index is 681. The lowest BCUT2D eigenvalue weighted by atomic mass is 10.2. The van der Waals surface area contributed by atoms with E-state index in [0.29, 0.717) is 5.69 Å². The molecule has 20 heavy (non-hydrogen) atoms. The molecule has 7 heteroatoms. The minimum absolute atomic E-state index is 0.105. The fraction of sp³-hybridized carbons (Fsp3) is 0.0769. The topological polar surface area (TPSA) is 64.7 Å². The first kappa shape index (κ1) is 14.1. The van der Waals surface area contributed by atoms with Crippen LogP contribution in [0, 0.1) is 0 Å². The van der Waals surface area contributed by atoms with E-state index in [1.54, 1.807) is 6.07 Å². The number of aromatic nitrogens is 4. The minimum Gasteiger partial charge on any atom is -0.338 e. The van der Waals surface area contributed by atoms with Gasteiger partial charge in [-0.3, -0.25) is 0 Å². The van der Waals surface area contributed by atoms with Crippen LogP contribution in [0.2, 0.25) is 0 Å². The Hall–Kier alpha value is -2.34. The third kappa shape index (κ3) is 2.97. The van der Waals surface area contributed by atoms with Gasteiger partial charge in [0.25, 0.3) is 0 Å². The number of rotatable bonds is 5. The highest BCUT2D eigenvalue weighted by atomic mass is 35.5. The van der Waals surface area contributed by atoms with Gasteiger partial charge in [-0.05, 0) is 12.1 Å². The number of halogens is 2. The molecule has 0 aliphatic heterocycles. The van der Waals surface area contributed by atoms with Crippen molar-refractivity contribution in [3.05, 3.63) is 55.1 Å². The summed E-state index contributed by atoms with van der Waals surface area (Å²) < 4.78 is 18.3. The van der Waals surface area contributed by atoms with Crippen LogP contribution in [0.4, 0.5) is 4.39 Å². The largest absolute Gasteiger partial charge is 0.338 e. The smallest absolute Gasteiger partial charge is 0.241 e. The van der Waals surface area contributed by atoms with Crippen LogP contribution < -0.4 is 0 Å². The van der Waals surface area contributed by atoms with Crippen LogP contribution >= 0.6 is 11.6 Å². The maximum Gasteiger partial charge on any atom is 0.241 e. The zero-order valence-electron chi connectivity index (χ0n) is 10.4. The molecular formula is C13H10ClFN4O. The highest BCUT2D eigenvalue weighted by molar-refractivity contribution is 6.16. The predicted octanol–water partition coefficient (Wildman–Crippen LogP) is 3.32. The van der Waals surface area contributed by atoms with Gasteiger partial charge < -0.3 is 4.52 Å². The molecule has 2 aromatic heterocycles. The zero-order valence-corrected chi connectivity index (χ0v) is 11.1. The van der Waals surface area contributed by atoms with E-state index < -0.39 is 5.83 Å². The molecule has 0 saturated carbocycles. The molecule has 0 atom stereocenters. The summed E-state index contributed by atoms with van der Waals surface area (Å²) in [5, 5.41) is 3.73. The van der Waals surface area contributed by atoms with Gasteiger partial charge in [0.15, 0.2) is 5.82 Å². The number of allylic oxidation sites excluding steroid dienone is 4. The van der Waals surface area contributed by atoms with Gasteiger partial charge in [0.05, 0.1) is 5.57 Å². The highest BCUT2D eigenvalue weighted by Crippen LogP contribution is 2.22. The summed E-state index contributed by atoms with van der Waals surface area (Å²) in [7, 11) is 0. The van der Waals surface area contributed by atoms with Crippen molar-refractivity contribution in [1.29, 1.82) is 0 Å². The van der Waals surface area contributed by atoms with E-state index in [1.807, 2.05) is 0 Å². The van der Waals surface area contributed by atoms with Crippen LogP contribution in [-0.4, -0.2) is 20.1 Å². The van der Waals surface area contributed by atoms with Gasteiger partial charge in [0.1, 0.15) is 17.4 Å². The lowest BCUT2D eigenvalue weighted by molar-refractivity contribution is 0.391. The Morgan fingerprint density at radius 1 is 1.45 bits per heavy atom. The molecule has 0 fully saturated rings. The van der Waals surface area contributed by atoms with Gasteiger partial charge in [-0.15, -0.1) is 11.6 Å². The molecule has 0 unspecified atom stereocenters. The van der Waals surface area contributed by atoms with Crippen LogP contribution in [0.1, 0.15) is 11.7 Å². The molecule has 0 N–H and O–H groups in total. The summed E-state index contributed by atoms with van der Waals surface area (Å²) >= 11 is 5.58. The molecule has 102 valence electrons. The third-order valence-corrected chi connectivity index (χ3v) is 2.51. The standard InChI is InChI=1S/C13H10ClFN4O/c1-3-4-9(8(2)15)12-16-6-5-10(17-12)13-18-11(7-14)20-19-13/h3-6H,1-2,7H2/b9-4+. The van der Waals surface area contributed by atoms with Crippen molar-refractivity contribution in [3.63, 3.8) is 0 Å². The van der Waals surface area contributed by atoms with E-state index >= 15 is 0 Å². The third-order valence-electron chi connectivity index (χ3n) is 2.28. The van der Waals surface area contributed by atoms with Crippen molar-refractivity contribution in [2.45, 2.75) is 5.88 Å². The second kappa shape index (κ2) is 6.21. The molecule has 2 aromatic rings. The van der Waals surface area contributed by atoms with Crippen molar-refractivity contribution in [1.82, 2.24) is 20.1 Å². The van der Waals surface area contributed by atoms with Crippen molar-refractivity contribution in [3.8, 4) is 11.5 Å². The summed E-state index contributed by atoms with van der Waals surface area (Å²) in [6.45, 7) is 6.75. The van der Waals surface area contributed by atoms with Crippen LogP contribution in [-0.2, 0) is 5.88 Å². The average Bonchev–Trinajstić information content (AvgIpc) is 2.93. The molecule has 0 aromatic carbocycles. The fourth-order valence-electron chi connectivity index (χ4n) is 1.43. The lowest BCUT2D eigenvalue weighted by Crippen LogP contribution is -1.97. The number of hydrogen-bond donors (Lipinski definition) is 0. The molecule has 0 aliphatic rings. The summed E-state index contributed by atoms with van der Waals surface area (Å²) in [5.41, 5.74) is 0.536. The van der Waals surface area contributed by atoms with Gasteiger partial charge in [-0.2, -0.15) is 4.98 Å². The number of nitrogens with zero attached hydrogens (tertiary/aromatic N) is 4. The molecule has 0 amide bonds. The molecule has 2 heterocycles. The molecular weight excluding hydrogens is 283 g/mol. The van der Waals surface area contributed by atoms with E-state index in [-0.39, 0.29) is 29.0 Å². The Kier molecular flexibility index (Phi) is 4.37. The first-order chi connectivity index (χ1) is 9.65. The van der Waals surface area contributed by atoms with E-state index in [4.69, 9.17) is 16.1 Å². The number of alkyl halides is 1. The summed E-state index contributed by atoms with van der Waals surface area (Å²) in [4.78, 5) is 12.2. The van der Waals surface area contributed by atoms with Crippen molar-refractivity contribution in [2.75, 3.05) is 0 Å². The van der Waals surface area contributed by atoms with E-state index in [0.717, 1.165) is 0 Å². The monoisotopic (exact) mass is 292 g/mol. The highest BCUT2D eigenvalue weighted by Gasteiger charge is 2.13.